The number of hydrogen-bond donors (Lipinski definition) is 0. The van der Waals surface area contributed by atoms with Crippen LogP contribution in [0.3, 0.4) is 0 Å². The number of benzene rings is 1. The second-order valence-electron chi connectivity index (χ2n) is 6.50. The first-order valence-electron chi connectivity index (χ1n) is 6.91. The Morgan fingerprint density at radius 1 is 1.45 bits per heavy atom. The molecule has 0 bridgehead atoms. The monoisotopic (exact) mass is 296 g/mol. The normalized spacial score (nSPS) is 19.4. The second kappa shape index (κ2) is 5.60. The molecule has 110 valence electrons. The smallest absolute Gasteiger partial charge is 0.269 e. The van der Waals surface area contributed by atoms with Crippen LogP contribution in [0.2, 0.25) is 0 Å². The highest BCUT2D eigenvalue weighted by atomic mass is 35.5. The zero-order chi connectivity index (χ0) is 14.9. The molecule has 2 rings (SSSR count). The van der Waals surface area contributed by atoms with Crippen molar-refractivity contribution in [1.29, 1.82) is 0 Å². The Bertz CT molecular complexity index is 511. The molecule has 1 heterocycles. The Balaban J connectivity index is 2.24. The minimum Gasteiger partial charge on any atom is -0.371 e. The average Bonchev–Trinajstić information content (AvgIpc) is 2.87. The molecule has 1 unspecified atom stereocenters. The summed E-state index contributed by atoms with van der Waals surface area (Å²) in [5.74, 6) is 0.939. The molecule has 0 aliphatic carbocycles. The summed E-state index contributed by atoms with van der Waals surface area (Å²) in [6.45, 7) is 8.77. The van der Waals surface area contributed by atoms with E-state index < -0.39 is 0 Å². The van der Waals surface area contributed by atoms with Crippen LogP contribution in [0.25, 0.3) is 0 Å². The van der Waals surface area contributed by atoms with Gasteiger partial charge in [-0.05, 0) is 29.4 Å². The average molecular weight is 297 g/mol. The van der Waals surface area contributed by atoms with Gasteiger partial charge in [0.2, 0.25) is 0 Å². The van der Waals surface area contributed by atoms with Gasteiger partial charge in [-0.2, -0.15) is 0 Å². The Morgan fingerprint density at radius 2 is 2.15 bits per heavy atom. The van der Waals surface area contributed by atoms with E-state index >= 15 is 0 Å². The lowest BCUT2D eigenvalue weighted by Gasteiger charge is -2.28. The molecule has 1 fully saturated rings. The topological polar surface area (TPSA) is 46.4 Å². The predicted octanol–water partition coefficient (Wildman–Crippen LogP) is 4.21. The van der Waals surface area contributed by atoms with Crippen molar-refractivity contribution in [2.75, 3.05) is 18.0 Å². The van der Waals surface area contributed by atoms with E-state index in [4.69, 9.17) is 11.6 Å². The zero-order valence-corrected chi connectivity index (χ0v) is 13.0. The van der Waals surface area contributed by atoms with Crippen molar-refractivity contribution in [2.24, 2.45) is 11.3 Å². The van der Waals surface area contributed by atoms with E-state index in [1.165, 1.54) is 0 Å². The largest absolute Gasteiger partial charge is 0.371 e. The number of nitro groups is 1. The lowest BCUT2D eigenvalue weighted by molar-refractivity contribution is -0.384. The Kier molecular flexibility index (Phi) is 4.23. The van der Waals surface area contributed by atoms with Gasteiger partial charge in [0.05, 0.1) is 4.92 Å². The van der Waals surface area contributed by atoms with Crippen molar-refractivity contribution in [2.45, 2.75) is 33.1 Å². The molecule has 0 aromatic heterocycles. The molecule has 1 saturated heterocycles. The van der Waals surface area contributed by atoms with Gasteiger partial charge in [-0.25, -0.2) is 0 Å². The molecular formula is C15H21ClN2O2. The maximum Gasteiger partial charge on any atom is 0.269 e. The van der Waals surface area contributed by atoms with E-state index in [9.17, 15) is 10.1 Å². The number of nitro benzene ring substituents is 1. The quantitative estimate of drug-likeness (QED) is 0.477. The lowest BCUT2D eigenvalue weighted by atomic mass is 9.80. The van der Waals surface area contributed by atoms with Crippen LogP contribution in [0.15, 0.2) is 18.2 Å². The standard InChI is InChI=1S/C15H21ClN2O2/c1-15(2,3)12-6-7-17(10-12)14-5-4-13(18(19)20)8-11(14)9-16/h4-5,8,12H,6-7,9-10H2,1-3H3. The molecule has 1 aliphatic heterocycles. The number of hydrogen-bond acceptors (Lipinski definition) is 3. The van der Waals surface area contributed by atoms with Crippen LogP contribution in [-0.4, -0.2) is 18.0 Å². The molecule has 20 heavy (non-hydrogen) atoms. The summed E-state index contributed by atoms with van der Waals surface area (Å²) >= 11 is 5.96. The number of anilines is 1. The van der Waals surface area contributed by atoms with Crippen molar-refractivity contribution in [1.82, 2.24) is 0 Å². The molecule has 0 spiro atoms. The molecule has 5 heteroatoms. The van der Waals surface area contributed by atoms with Crippen molar-refractivity contribution >= 4 is 23.0 Å². The van der Waals surface area contributed by atoms with Gasteiger partial charge in [0.1, 0.15) is 0 Å². The second-order valence-corrected chi connectivity index (χ2v) is 6.77. The van der Waals surface area contributed by atoms with Crippen molar-refractivity contribution in [3.05, 3.63) is 33.9 Å². The van der Waals surface area contributed by atoms with Crippen molar-refractivity contribution in [3.8, 4) is 0 Å². The maximum atomic E-state index is 10.8. The molecular weight excluding hydrogens is 276 g/mol. The molecule has 1 aliphatic rings. The maximum absolute atomic E-state index is 10.8. The highest BCUT2D eigenvalue weighted by molar-refractivity contribution is 6.17. The van der Waals surface area contributed by atoms with Gasteiger partial charge in [-0.15, -0.1) is 11.6 Å². The predicted molar refractivity (Wildman–Crippen MR) is 82.4 cm³/mol. The van der Waals surface area contributed by atoms with E-state index in [1.54, 1.807) is 12.1 Å². The minimum atomic E-state index is -0.373. The van der Waals surface area contributed by atoms with Gasteiger partial charge in [0.15, 0.2) is 0 Å². The summed E-state index contributed by atoms with van der Waals surface area (Å²) in [5, 5.41) is 10.8. The van der Waals surface area contributed by atoms with Crippen LogP contribution in [0, 0.1) is 21.4 Å². The highest BCUT2D eigenvalue weighted by Gasteiger charge is 2.32. The molecule has 0 saturated carbocycles. The van der Waals surface area contributed by atoms with E-state index in [1.807, 2.05) is 6.07 Å². The third-order valence-corrected chi connectivity index (χ3v) is 4.46. The minimum absolute atomic E-state index is 0.107. The van der Waals surface area contributed by atoms with E-state index in [2.05, 4.69) is 25.7 Å². The van der Waals surface area contributed by atoms with Gasteiger partial charge >= 0.3 is 0 Å². The summed E-state index contributed by atoms with van der Waals surface area (Å²) in [6.07, 6.45) is 1.15. The van der Waals surface area contributed by atoms with Crippen LogP contribution < -0.4 is 4.90 Å². The van der Waals surface area contributed by atoms with Crippen LogP contribution in [0.5, 0.6) is 0 Å². The summed E-state index contributed by atoms with van der Waals surface area (Å²) in [5.41, 5.74) is 2.28. The zero-order valence-electron chi connectivity index (χ0n) is 12.2. The molecule has 1 aromatic rings. The summed E-state index contributed by atoms with van der Waals surface area (Å²) in [7, 11) is 0. The fraction of sp³-hybridized carbons (Fsp3) is 0.600. The third kappa shape index (κ3) is 3.06. The number of alkyl halides is 1. The van der Waals surface area contributed by atoms with Crippen molar-refractivity contribution < 1.29 is 4.92 Å². The van der Waals surface area contributed by atoms with Crippen LogP contribution >= 0.6 is 11.6 Å². The molecule has 4 nitrogen and oxygen atoms in total. The number of halogens is 1. The summed E-state index contributed by atoms with van der Waals surface area (Å²) in [4.78, 5) is 12.8. The fourth-order valence-electron chi connectivity index (χ4n) is 2.79. The number of non-ortho nitro benzene ring substituents is 1. The first-order chi connectivity index (χ1) is 9.32. The van der Waals surface area contributed by atoms with Crippen molar-refractivity contribution in [3.63, 3.8) is 0 Å². The number of rotatable bonds is 3. The van der Waals surface area contributed by atoms with Gasteiger partial charge < -0.3 is 4.90 Å². The Hall–Kier alpha value is -1.29. The van der Waals surface area contributed by atoms with Crippen LogP contribution in [0.4, 0.5) is 11.4 Å². The van der Waals surface area contributed by atoms with Gasteiger partial charge in [-0.3, -0.25) is 10.1 Å². The van der Waals surface area contributed by atoms with E-state index in [0.717, 1.165) is 30.8 Å². The van der Waals surface area contributed by atoms with Gasteiger partial charge in [-0.1, -0.05) is 20.8 Å². The van der Waals surface area contributed by atoms with Gasteiger partial charge in [0.25, 0.3) is 5.69 Å². The van der Waals surface area contributed by atoms with E-state index in [0.29, 0.717) is 11.8 Å². The molecule has 1 aromatic carbocycles. The Labute approximate surface area is 124 Å². The summed E-state index contributed by atoms with van der Waals surface area (Å²) in [6, 6.07) is 4.99. The first kappa shape index (κ1) is 15.1. The van der Waals surface area contributed by atoms with Crippen LogP contribution in [-0.2, 0) is 5.88 Å². The fourth-order valence-corrected chi connectivity index (χ4v) is 3.00. The Morgan fingerprint density at radius 3 is 2.65 bits per heavy atom. The number of nitrogens with zero attached hydrogens (tertiary/aromatic N) is 2. The highest BCUT2D eigenvalue weighted by Crippen LogP contribution is 2.37. The SMILES string of the molecule is CC(C)(C)C1CCN(c2ccc([N+](=O)[O-])cc2CCl)C1. The third-order valence-electron chi connectivity index (χ3n) is 4.17. The summed E-state index contributed by atoms with van der Waals surface area (Å²) < 4.78 is 0. The molecule has 0 radical (unpaired) electrons. The molecule has 1 atom stereocenters. The first-order valence-corrected chi connectivity index (χ1v) is 7.44. The molecule has 0 amide bonds. The lowest BCUT2D eigenvalue weighted by Crippen LogP contribution is -2.26. The van der Waals surface area contributed by atoms with Gasteiger partial charge in [0, 0.05) is 36.8 Å². The van der Waals surface area contributed by atoms with E-state index in [-0.39, 0.29) is 16.0 Å². The van der Waals surface area contributed by atoms with Crippen LogP contribution in [0.1, 0.15) is 32.8 Å². The molecule has 0 N–H and O–H groups in total.